The molecule has 2 amide bonds. The zero-order valence-electron chi connectivity index (χ0n) is 10.7. The number of nitrogens with zero attached hydrogens (tertiary/aromatic N) is 1. The Morgan fingerprint density at radius 2 is 2.21 bits per heavy atom. The number of urea groups is 1. The van der Waals surface area contributed by atoms with E-state index in [0.717, 1.165) is 16.6 Å². The molecule has 0 radical (unpaired) electrons. The van der Waals surface area contributed by atoms with Crippen molar-refractivity contribution in [2.24, 2.45) is 0 Å². The van der Waals surface area contributed by atoms with Gasteiger partial charge in [0.2, 0.25) is 0 Å². The largest absolute Gasteiger partial charge is 0.480 e. The number of hydrogen-bond donors (Lipinski definition) is 2. The lowest BCUT2D eigenvalue weighted by Crippen LogP contribution is -2.43. The van der Waals surface area contributed by atoms with Crippen LogP contribution in [0.15, 0.2) is 15.9 Å². The smallest absolute Gasteiger partial charge is 0.323 e. The number of rotatable bonds is 7. The summed E-state index contributed by atoms with van der Waals surface area (Å²) in [6.07, 6.45) is 1.48. The molecule has 0 saturated carbocycles. The molecular formula is C12H17BrN2O3S. The maximum Gasteiger partial charge on any atom is 0.323 e. The SMILES string of the molecule is CCCN(CC(=O)O)C(=O)NCCc1ccc(Br)s1. The number of hydrogen-bond acceptors (Lipinski definition) is 3. The topological polar surface area (TPSA) is 69.6 Å². The molecule has 0 aromatic carbocycles. The number of carbonyl (C=O) groups is 2. The third-order valence-electron chi connectivity index (χ3n) is 2.38. The Bertz CT molecular complexity index is 436. The van der Waals surface area contributed by atoms with Crippen LogP contribution in [0.3, 0.4) is 0 Å². The lowest BCUT2D eigenvalue weighted by molar-refractivity contribution is -0.137. The fourth-order valence-corrected chi connectivity index (χ4v) is 3.06. The number of aliphatic carboxylic acids is 1. The molecule has 0 fully saturated rings. The molecule has 19 heavy (non-hydrogen) atoms. The highest BCUT2D eigenvalue weighted by Gasteiger charge is 2.15. The van der Waals surface area contributed by atoms with Gasteiger partial charge in [-0.05, 0) is 40.9 Å². The highest BCUT2D eigenvalue weighted by atomic mass is 79.9. The monoisotopic (exact) mass is 348 g/mol. The van der Waals surface area contributed by atoms with Gasteiger partial charge >= 0.3 is 12.0 Å². The molecule has 0 unspecified atom stereocenters. The second-order valence-electron chi connectivity index (χ2n) is 4.00. The van der Waals surface area contributed by atoms with Gasteiger partial charge in [-0.3, -0.25) is 4.79 Å². The predicted octanol–water partition coefficient (Wildman–Crippen LogP) is 2.56. The van der Waals surface area contributed by atoms with E-state index in [2.05, 4.69) is 21.2 Å². The van der Waals surface area contributed by atoms with Crippen LogP contribution in [0.25, 0.3) is 0 Å². The molecule has 0 atom stereocenters. The maximum absolute atomic E-state index is 11.8. The molecule has 1 aromatic heterocycles. The van der Waals surface area contributed by atoms with Crippen LogP contribution in [0.5, 0.6) is 0 Å². The summed E-state index contributed by atoms with van der Waals surface area (Å²) in [5.74, 6) is -0.995. The Morgan fingerprint density at radius 3 is 2.74 bits per heavy atom. The molecular weight excluding hydrogens is 332 g/mol. The van der Waals surface area contributed by atoms with Crippen molar-refractivity contribution in [1.29, 1.82) is 0 Å². The summed E-state index contributed by atoms with van der Waals surface area (Å²) in [5, 5.41) is 11.5. The summed E-state index contributed by atoms with van der Waals surface area (Å²) >= 11 is 5.01. The van der Waals surface area contributed by atoms with Crippen LogP contribution in [0.1, 0.15) is 18.2 Å². The van der Waals surface area contributed by atoms with Gasteiger partial charge in [-0.2, -0.15) is 0 Å². The number of carbonyl (C=O) groups excluding carboxylic acids is 1. The van der Waals surface area contributed by atoms with Crippen LogP contribution in [-0.2, 0) is 11.2 Å². The van der Waals surface area contributed by atoms with Crippen molar-refractivity contribution in [3.63, 3.8) is 0 Å². The zero-order valence-corrected chi connectivity index (χ0v) is 13.1. The molecule has 2 N–H and O–H groups in total. The van der Waals surface area contributed by atoms with E-state index in [1.807, 2.05) is 19.1 Å². The third kappa shape index (κ3) is 6.07. The molecule has 0 aliphatic carbocycles. The average Bonchev–Trinajstić information content (AvgIpc) is 2.74. The first-order valence-corrected chi connectivity index (χ1v) is 7.62. The normalized spacial score (nSPS) is 10.2. The van der Waals surface area contributed by atoms with E-state index >= 15 is 0 Å². The van der Waals surface area contributed by atoms with Crippen LogP contribution < -0.4 is 5.32 Å². The van der Waals surface area contributed by atoms with Crippen LogP contribution in [0, 0.1) is 0 Å². The van der Waals surface area contributed by atoms with Gasteiger partial charge in [-0.25, -0.2) is 4.79 Å². The number of nitrogens with one attached hydrogen (secondary N) is 1. The van der Waals surface area contributed by atoms with Gasteiger partial charge in [0.05, 0.1) is 3.79 Å². The Hall–Kier alpha value is -1.08. The standard InChI is InChI=1S/C12H17BrN2O3S/c1-2-7-15(8-11(16)17)12(18)14-6-5-9-3-4-10(13)19-9/h3-4H,2,5-8H2,1H3,(H,14,18)(H,16,17). The summed E-state index contributed by atoms with van der Waals surface area (Å²) in [6, 6.07) is 3.65. The van der Waals surface area contributed by atoms with E-state index in [1.54, 1.807) is 11.3 Å². The van der Waals surface area contributed by atoms with E-state index < -0.39 is 5.97 Å². The minimum atomic E-state index is -0.995. The van der Waals surface area contributed by atoms with Crippen molar-refractivity contribution in [2.45, 2.75) is 19.8 Å². The Morgan fingerprint density at radius 1 is 1.47 bits per heavy atom. The number of carboxylic acid groups (broad SMARTS) is 1. The maximum atomic E-state index is 11.8. The van der Waals surface area contributed by atoms with Gasteiger partial charge in [-0.15, -0.1) is 11.3 Å². The molecule has 0 saturated heterocycles. The predicted molar refractivity (Wildman–Crippen MR) is 78.6 cm³/mol. The first-order valence-electron chi connectivity index (χ1n) is 6.01. The van der Waals surface area contributed by atoms with Crippen molar-refractivity contribution >= 4 is 39.3 Å². The quantitative estimate of drug-likeness (QED) is 0.795. The average molecular weight is 349 g/mol. The lowest BCUT2D eigenvalue weighted by atomic mass is 10.3. The van der Waals surface area contributed by atoms with Crippen LogP contribution in [-0.4, -0.2) is 41.6 Å². The fraction of sp³-hybridized carbons (Fsp3) is 0.500. The molecule has 0 aliphatic rings. The highest BCUT2D eigenvalue weighted by Crippen LogP contribution is 2.21. The van der Waals surface area contributed by atoms with Gasteiger partial charge in [0, 0.05) is 18.0 Å². The van der Waals surface area contributed by atoms with E-state index in [0.29, 0.717) is 13.1 Å². The highest BCUT2D eigenvalue weighted by molar-refractivity contribution is 9.11. The molecule has 1 rings (SSSR count). The molecule has 1 aromatic rings. The lowest BCUT2D eigenvalue weighted by Gasteiger charge is -2.20. The van der Waals surface area contributed by atoms with Crippen LogP contribution in [0.4, 0.5) is 4.79 Å². The van der Waals surface area contributed by atoms with Gasteiger partial charge in [0.25, 0.3) is 0 Å². The van der Waals surface area contributed by atoms with Crippen molar-refractivity contribution in [1.82, 2.24) is 10.2 Å². The van der Waals surface area contributed by atoms with Crippen molar-refractivity contribution in [2.75, 3.05) is 19.6 Å². The molecule has 0 bridgehead atoms. The number of carboxylic acids is 1. The zero-order chi connectivity index (χ0) is 14.3. The summed E-state index contributed by atoms with van der Waals surface area (Å²) in [6.45, 7) is 2.60. The molecule has 7 heteroatoms. The summed E-state index contributed by atoms with van der Waals surface area (Å²) in [5.41, 5.74) is 0. The van der Waals surface area contributed by atoms with Gasteiger partial charge in [-0.1, -0.05) is 6.92 Å². The Labute approximate surface area is 124 Å². The third-order valence-corrected chi connectivity index (χ3v) is 4.07. The second-order valence-corrected chi connectivity index (χ2v) is 6.55. The fourth-order valence-electron chi connectivity index (χ4n) is 1.58. The van der Waals surface area contributed by atoms with Crippen molar-refractivity contribution in [3.05, 3.63) is 20.8 Å². The number of amides is 2. The van der Waals surface area contributed by atoms with Crippen molar-refractivity contribution < 1.29 is 14.7 Å². The van der Waals surface area contributed by atoms with E-state index in [1.165, 1.54) is 9.78 Å². The van der Waals surface area contributed by atoms with Crippen molar-refractivity contribution in [3.8, 4) is 0 Å². The van der Waals surface area contributed by atoms with Gasteiger partial charge < -0.3 is 15.3 Å². The minimum Gasteiger partial charge on any atom is -0.480 e. The summed E-state index contributed by atoms with van der Waals surface area (Å²) in [4.78, 5) is 25.0. The van der Waals surface area contributed by atoms with Gasteiger partial charge in [0.15, 0.2) is 0 Å². The minimum absolute atomic E-state index is 0.260. The number of halogens is 1. The van der Waals surface area contributed by atoms with Gasteiger partial charge in [0.1, 0.15) is 6.54 Å². The molecule has 0 aliphatic heterocycles. The Balaban J connectivity index is 2.37. The molecule has 0 spiro atoms. The number of thiophene rings is 1. The van der Waals surface area contributed by atoms with Crippen LogP contribution >= 0.6 is 27.3 Å². The van der Waals surface area contributed by atoms with E-state index in [4.69, 9.17) is 5.11 Å². The Kier molecular flexibility index (Phi) is 6.86. The van der Waals surface area contributed by atoms with E-state index in [-0.39, 0.29) is 12.6 Å². The van der Waals surface area contributed by atoms with E-state index in [9.17, 15) is 9.59 Å². The summed E-state index contributed by atoms with van der Waals surface area (Å²) in [7, 11) is 0. The summed E-state index contributed by atoms with van der Waals surface area (Å²) < 4.78 is 1.06. The molecule has 5 nitrogen and oxygen atoms in total. The first-order chi connectivity index (χ1) is 9.02. The second kappa shape index (κ2) is 8.16. The molecule has 1 heterocycles. The van der Waals surface area contributed by atoms with Crippen LogP contribution in [0.2, 0.25) is 0 Å². The molecule has 106 valence electrons. The first kappa shape index (κ1) is 16.0.